The molecule has 19 heavy (non-hydrogen) atoms. The fourth-order valence-electron chi connectivity index (χ4n) is 3.05. The number of nitrogens with one attached hydrogen (secondary N) is 1. The van der Waals surface area contributed by atoms with Gasteiger partial charge < -0.3 is 14.8 Å². The molecule has 0 saturated heterocycles. The lowest BCUT2D eigenvalue weighted by molar-refractivity contribution is 0.297. The van der Waals surface area contributed by atoms with E-state index in [1.54, 1.807) is 0 Å². The van der Waals surface area contributed by atoms with Gasteiger partial charge in [-0.15, -0.1) is 0 Å². The van der Waals surface area contributed by atoms with Gasteiger partial charge >= 0.3 is 0 Å². The molecule has 2 aliphatic rings. The van der Waals surface area contributed by atoms with Gasteiger partial charge in [0.1, 0.15) is 0 Å². The van der Waals surface area contributed by atoms with Crippen molar-refractivity contribution in [3.05, 3.63) is 23.3 Å². The molecule has 3 heteroatoms. The molecule has 2 aliphatic heterocycles. The normalized spacial score (nSPS) is 25.6. The smallest absolute Gasteiger partial charge is 0.161 e. The molecule has 0 spiro atoms. The molecular formula is C16H23NO2. The van der Waals surface area contributed by atoms with Crippen LogP contribution in [0, 0.1) is 0 Å². The van der Waals surface area contributed by atoms with Crippen molar-refractivity contribution < 1.29 is 9.47 Å². The first-order valence-electron chi connectivity index (χ1n) is 7.46. The Morgan fingerprint density at radius 1 is 1.16 bits per heavy atom. The first-order chi connectivity index (χ1) is 9.29. The molecule has 1 N–H and O–H groups in total. The first-order valence-corrected chi connectivity index (χ1v) is 7.46. The molecule has 3 nitrogen and oxygen atoms in total. The maximum atomic E-state index is 5.82. The van der Waals surface area contributed by atoms with E-state index in [4.69, 9.17) is 9.47 Å². The summed E-state index contributed by atoms with van der Waals surface area (Å²) in [6, 6.07) is 4.89. The van der Waals surface area contributed by atoms with Gasteiger partial charge in [0.2, 0.25) is 0 Å². The zero-order valence-electron chi connectivity index (χ0n) is 11.9. The summed E-state index contributed by atoms with van der Waals surface area (Å²) in [5, 5.41) is 3.65. The van der Waals surface area contributed by atoms with Crippen molar-refractivity contribution in [1.82, 2.24) is 5.32 Å². The van der Waals surface area contributed by atoms with Crippen molar-refractivity contribution in [2.75, 3.05) is 19.8 Å². The van der Waals surface area contributed by atoms with E-state index in [9.17, 15) is 0 Å². The maximum Gasteiger partial charge on any atom is 0.161 e. The predicted molar refractivity (Wildman–Crippen MR) is 76.1 cm³/mol. The Morgan fingerprint density at radius 2 is 1.84 bits per heavy atom. The van der Waals surface area contributed by atoms with Crippen molar-refractivity contribution in [2.45, 2.75) is 45.1 Å². The standard InChI is InChI=1S/C16H23NO2/c1-3-5-14-13-9-16-15(18-6-4-7-19-16)8-12(13)11(2)10-17-14/h8-9,11,14,17H,3-7,10H2,1-2H3. The zero-order valence-corrected chi connectivity index (χ0v) is 11.9. The van der Waals surface area contributed by atoms with Gasteiger partial charge in [0, 0.05) is 19.0 Å². The Labute approximate surface area is 115 Å². The minimum Gasteiger partial charge on any atom is -0.490 e. The largest absolute Gasteiger partial charge is 0.490 e. The van der Waals surface area contributed by atoms with Crippen LogP contribution in [0.5, 0.6) is 11.5 Å². The zero-order chi connectivity index (χ0) is 13.2. The average Bonchev–Trinajstić information content (AvgIpc) is 2.65. The lowest BCUT2D eigenvalue weighted by Crippen LogP contribution is -2.32. The van der Waals surface area contributed by atoms with Gasteiger partial charge in [-0.1, -0.05) is 20.3 Å². The summed E-state index contributed by atoms with van der Waals surface area (Å²) in [6.45, 7) is 7.09. The van der Waals surface area contributed by atoms with Gasteiger partial charge in [-0.3, -0.25) is 0 Å². The first kappa shape index (κ1) is 12.8. The second-order valence-corrected chi connectivity index (χ2v) is 5.63. The molecule has 1 aromatic carbocycles. The van der Waals surface area contributed by atoms with E-state index < -0.39 is 0 Å². The van der Waals surface area contributed by atoms with Crippen LogP contribution in [0.25, 0.3) is 0 Å². The predicted octanol–water partition coefficient (Wildman–Crippen LogP) is 3.40. The summed E-state index contributed by atoms with van der Waals surface area (Å²) >= 11 is 0. The second kappa shape index (κ2) is 5.41. The Bertz CT molecular complexity index is 458. The van der Waals surface area contributed by atoms with E-state index in [0.717, 1.165) is 37.7 Å². The molecule has 0 aromatic heterocycles. The monoisotopic (exact) mass is 261 g/mol. The maximum absolute atomic E-state index is 5.82. The van der Waals surface area contributed by atoms with E-state index >= 15 is 0 Å². The molecule has 0 radical (unpaired) electrons. The van der Waals surface area contributed by atoms with Crippen molar-refractivity contribution in [2.24, 2.45) is 0 Å². The molecule has 0 aliphatic carbocycles. The van der Waals surface area contributed by atoms with Crippen molar-refractivity contribution in [3.63, 3.8) is 0 Å². The summed E-state index contributed by atoms with van der Waals surface area (Å²) < 4.78 is 11.6. The second-order valence-electron chi connectivity index (χ2n) is 5.63. The fraction of sp³-hybridized carbons (Fsp3) is 0.625. The highest BCUT2D eigenvalue weighted by atomic mass is 16.5. The van der Waals surface area contributed by atoms with Gasteiger partial charge in [0.05, 0.1) is 13.2 Å². The summed E-state index contributed by atoms with van der Waals surface area (Å²) in [5.74, 6) is 2.40. The Hall–Kier alpha value is -1.22. The van der Waals surface area contributed by atoms with Crippen LogP contribution in [0.15, 0.2) is 12.1 Å². The van der Waals surface area contributed by atoms with Crippen LogP contribution < -0.4 is 14.8 Å². The summed E-state index contributed by atoms with van der Waals surface area (Å²) in [4.78, 5) is 0. The summed E-state index contributed by atoms with van der Waals surface area (Å²) in [5.41, 5.74) is 2.84. The number of fused-ring (bicyclic) bond motifs is 2. The van der Waals surface area contributed by atoms with Crippen LogP contribution in [0.1, 0.15) is 56.2 Å². The number of ether oxygens (including phenoxy) is 2. The van der Waals surface area contributed by atoms with E-state index in [2.05, 4.69) is 31.3 Å². The number of benzene rings is 1. The van der Waals surface area contributed by atoms with Gasteiger partial charge in [0.25, 0.3) is 0 Å². The van der Waals surface area contributed by atoms with Crippen LogP contribution >= 0.6 is 0 Å². The quantitative estimate of drug-likeness (QED) is 0.885. The number of rotatable bonds is 2. The van der Waals surface area contributed by atoms with Crippen molar-refractivity contribution >= 4 is 0 Å². The van der Waals surface area contributed by atoms with Crippen molar-refractivity contribution in [1.29, 1.82) is 0 Å². The minimum atomic E-state index is 0.466. The third kappa shape index (κ3) is 2.44. The molecule has 0 bridgehead atoms. The highest BCUT2D eigenvalue weighted by molar-refractivity contribution is 5.51. The average molecular weight is 261 g/mol. The van der Waals surface area contributed by atoms with Gasteiger partial charge in [-0.25, -0.2) is 0 Å². The molecular weight excluding hydrogens is 238 g/mol. The van der Waals surface area contributed by atoms with Crippen LogP contribution in [0.4, 0.5) is 0 Å². The highest BCUT2D eigenvalue weighted by Gasteiger charge is 2.26. The molecule has 2 atom stereocenters. The van der Waals surface area contributed by atoms with Gasteiger partial charge in [0.15, 0.2) is 11.5 Å². The van der Waals surface area contributed by atoms with Gasteiger partial charge in [-0.05, 0) is 35.6 Å². The summed E-state index contributed by atoms with van der Waals surface area (Å²) in [7, 11) is 0. The van der Waals surface area contributed by atoms with Crippen molar-refractivity contribution in [3.8, 4) is 11.5 Å². The molecule has 1 aromatic rings. The Kier molecular flexibility index (Phi) is 3.65. The minimum absolute atomic E-state index is 0.466. The molecule has 2 unspecified atom stereocenters. The van der Waals surface area contributed by atoms with Crippen LogP contribution in [0.3, 0.4) is 0 Å². The van der Waals surface area contributed by atoms with Gasteiger partial charge in [-0.2, -0.15) is 0 Å². The number of hydrogen-bond acceptors (Lipinski definition) is 3. The summed E-state index contributed by atoms with van der Waals surface area (Å²) in [6.07, 6.45) is 3.34. The van der Waals surface area contributed by atoms with Crippen LogP contribution in [-0.4, -0.2) is 19.8 Å². The molecule has 0 saturated carbocycles. The molecule has 2 heterocycles. The van der Waals surface area contributed by atoms with E-state index in [1.165, 1.54) is 24.0 Å². The SMILES string of the molecule is CCCC1NCC(C)c2cc3c(cc21)OCCCO3. The van der Waals surface area contributed by atoms with Crippen LogP contribution in [0.2, 0.25) is 0 Å². The molecule has 104 valence electrons. The third-order valence-electron chi connectivity index (χ3n) is 4.11. The molecule has 0 amide bonds. The highest BCUT2D eigenvalue weighted by Crippen LogP contribution is 2.40. The molecule has 3 rings (SSSR count). The lowest BCUT2D eigenvalue weighted by Gasteiger charge is -2.32. The van der Waals surface area contributed by atoms with E-state index in [0.29, 0.717) is 12.0 Å². The Balaban J connectivity index is 2.02. The van der Waals surface area contributed by atoms with E-state index in [-0.39, 0.29) is 0 Å². The van der Waals surface area contributed by atoms with Crippen LogP contribution in [-0.2, 0) is 0 Å². The lowest BCUT2D eigenvalue weighted by atomic mass is 9.85. The Morgan fingerprint density at radius 3 is 2.53 bits per heavy atom. The topological polar surface area (TPSA) is 30.5 Å². The van der Waals surface area contributed by atoms with E-state index in [1.807, 2.05) is 0 Å². The molecule has 0 fully saturated rings. The third-order valence-corrected chi connectivity index (χ3v) is 4.11. The fourth-order valence-corrected chi connectivity index (χ4v) is 3.05. The number of hydrogen-bond donors (Lipinski definition) is 1.